The van der Waals surface area contributed by atoms with E-state index in [0.29, 0.717) is 0 Å². The number of carbonyl (C=O) groups is 2. The lowest BCUT2D eigenvalue weighted by Gasteiger charge is -2.27. The van der Waals surface area contributed by atoms with Crippen LogP contribution in [0.2, 0.25) is 0 Å². The highest BCUT2D eigenvalue weighted by atomic mass is 32.1. The highest BCUT2D eigenvalue weighted by Gasteiger charge is 2.49. The third-order valence-corrected chi connectivity index (χ3v) is 5.19. The molecule has 1 aliphatic rings. The first kappa shape index (κ1) is 16.6. The summed E-state index contributed by atoms with van der Waals surface area (Å²) in [7, 11) is 0. The Labute approximate surface area is 145 Å². The van der Waals surface area contributed by atoms with Gasteiger partial charge in [-0.05, 0) is 25.7 Å². The molecule has 1 aliphatic carbocycles. The molecule has 0 bridgehead atoms. The normalized spacial score (nSPS) is 16.2. The Kier molecular flexibility index (Phi) is 4.66. The van der Waals surface area contributed by atoms with Crippen molar-refractivity contribution in [1.29, 1.82) is 0 Å². The van der Waals surface area contributed by atoms with Crippen molar-refractivity contribution in [2.75, 3.05) is 0 Å². The number of hydrogen-bond donors (Lipinski definition) is 1. The molecule has 0 spiro atoms. The molecule has 0 radical (unpaired) electrons. The van der Waals surface area contributed by atoms with Crippen LogP contribution in [0.25, 0.3) is 10.6 Å². The van der Waals surface area contributed by atoms with Gasteiger partial charge in [0.15, 0.2) is 0 Å². The van der Waals surface area contributed by atoms with E-state index in [4.69, 9.17) is 4.74 Å². The van der Waals surface area contributed by atoms with E-state index in [-0.39, 0.29) is 24.4 Å². The van der Waals surface area contributed by atoms with E-state index in [1.807, 2.05) is 30.3 Å². The van der Waals surface area contributed by atoms with Gasteiger partial charge in [0, 0.05) is 18.7 Å². The zero-order valence-corrected chi connectivity index (χ0v) is 14.6. The summed E-state index contributed by atoms with van der Waals surface area (Å²) in [5.41, 5.74) is 0.111. The van der Waals surface area contributed by atoms with Gasteiger partial charge in [-0.2, -0.15) is 0 Å². The van der Waals surface area contributed by atoms with Crippen LogP contribution in [-0.4, -0.2) is 22.4 Å². The molecule has 1 fully saturated rings. The monoisotopic (exact) mass is 344 g/mol. The molecule has 1 atom stereocenters. The minimum absolute atomic E-state index is 0.162. The first-order chi connectivity index (χ1) is 11.5. The van der Waals surface area contributed by atoms with Crippen molar-refractivity contribution in [3.05, 3.63) is 41.4 Å². The number of benzene rings is 1. The standard InChI is InChI=1S/C18H20N2O3S/c1-12(21)20-18(2,14-8-9-14)17(22)23-11-15-10-19-16(24-15)13-6-4-3-5-7-13/h3-7,10,14H,8-9,11H2,1-2H3,(H,20,21). The van der Waals surface area contributed by atoms with Gasteiger partial charge < -0.3 is 10.1 Å². The second-order valence-electron chi connectivity index (χ2n) is 6.23. The highest BCUT2D eigenvalue weighted by molar-refractivity contribution is 7.15. The fourth-order valence-electron chi connectivity index (χ4n) is 2.72. The lowest BCUT2D eigenvalue weighted by molar-refractivity contribution is -0.155. The molecule has 24 heavy (non-hydrogen) atoms. The van der Waals surface area contributed by atoms with E-state index < -0.39 is 5.54 Å². The molecule has 1 amide bonds. The first-order valence-corrected chi connectivity index (χ1v) is 8.77. The van der Waals surface area contributed by atoms with Gasteiger partial charge in [0.2, 0.25) is 5.91 Å². The number of esters is 1. The average molecular weight is 344 g/mol. The van der Waals surface area contributed by atoms with Crippen molar-refractivity contribution in [1.82, 2.24) is 10.3 Å². The summed E-state index contributed by atoms with van der Waals surface area (Å²) in [6.07, 6.45) is 3.60. The van der Waals surface area contributed by atoms with Crippen LogP contribution in [0.1, 0.15) is 31.6 Å². The predicted molar refractivity (Wildman–Crippen MR) is 92.3 cm³/mol. The SMILES string of the molecule is CC(=O)NC(C)(C(=O)OCc1cnc(-c2ccccc2)s1)C1CC1. The molecule has 1 aromatic carbocycles. The minimum atomic E-state index is -0.932. The van der Waals surface area contributed by atoms with Crippen LogP contribution in [0, 0.1) is 5.92 Å². The molecule has 6 heteroatoms. The van der Waals surface area contributed by atoms with Crippen LogP contribution >= 0.6 is 11.3 Å². The van der Waals surface area contributed by atoms with Crippen LogP contribution in [0.5, 0.6) is 0 Å². The van der Waals surface area contributed by atoms with Crippen LogP contribution in [0.3, 0.4) is 0 Å². The van der Waals surface area contributed by atoms with Gasteiger partial charge in [-0.3, -0.25) is 4.79 Å². The lowest BCUT2D eigenvalue weighted by atomic mass is 9.96. The molecule has 1 heterocycles. The third kappa shape index (κ3) is 3.64. The van der Waals surface area contributed by atoms with Gasteiger partial charge in [-0.25, -0.2) is 9.78 Å². The third-order valence-electron chi connectivity index (χ3n) is 4.17. The van der Waals surface area contributed by atoms with Crippen molar-refractivity contribution < 1.29 is 14.3 Å². The highest BCUT2D eigenvalue weighted by Crippen LogP contribution is 2.40. The Hall–Kier alpha value is -2.21. The van der Waals surface area contributed by atoms with Gasteiger partial charge >= 0.3 is 5.97 Å². The van der Waals surface area contributed by atoms with Crippen LogP contribution in [-0.2, 0) is 20.9 Å². The Morgan fingerprint density at radius 3 is 2.67 bits per heavy atom. The van der Waals surface area contributed by atoms with E-state index in [0.717, 1.165) is 28.3 Å². The summed E-state index contributed by atoms with van der Waals surface area (Å²) in [4.78, 5) is 29.1. The molecule has 1 aromatic heterocycles. The number of nitrogens with one attached hydrogen (secondary N) is 1. The van der Waals surface area contributed by atoms with E-state index in [9.17, 15) is 9.59 Å². The molecule has 2 aromatic rings. The number of hydrogen-bond acceptors (Lipinski definition) is 5. The Morgan fingerprint density at radius 2 is 2.04 bits per heavy atom. The molecule has 5 nitrogen and oxygen atoms in total. The molecule has 0 aliphatic heterocycles. The summed E-state index contributed by atoms with van der Waals surface area (Å²) in [5, 5.41) is 3.66. The van der Waals surface area contributed by atoms with Crippen LogP contribution in [0.15, 0.2) is 36.5 Å². The molecule has 3 rings (SSSR count). The number of carbonyl (C=O) groups excluding carboxylic acids is 2. The van der Waals surface area contributed by atoms with Gasteiger partial charge in [-0.15, -0.1) is 11.3 Å². The molecular formula is C18H20N2O3S. The lowest BCUT2D eigenvalue weighted by Crippen LogP contribution is -2.54. The Morgan fingerprint density at radius 1 is 1.33 bits per heavy atom. The number of ether oxygens (including phenoxy) is 1. The Balaban J connectivity index is 1.64. The van der Waals surface area contributed by atoms with E-state index in [2.05, 4.69) is 10.3 Å². The molecule has 0 saturated heterocycles. The molecule has 1 saturated carbocycles. The van der Waals surface area contributed by atoms with Gasteiger partial charge in [0.1, 0.15) is 17.2 Å². The first-order valence-electron chi connectivity index (χ1n) is 7.95. The number of aromatic nitrogens is 1. The van der Waals surface area contributed by atoms with E-state index >= 15 is 0 Å². The van der Waals surface area contributed by atoms with Crippen molar-refractivity contribution in [2.45, 2.75) is 38.8 Å². The number of nitrogens with zero attached hydrogens (tertiary/aromatic N) is 1. The summed E-state index contributed by atoms with van der Waals surface area (Å²) in [6.45, 7) is 3.34. The summed E-state index contributed by atoms with van der Waals surface area (Å²) >= 11 is 1.50. The van der Waals surface area contributed by atoms with E-state index in [1.165, 1.54) is 18.3 Å². The second kappa shape index (κ2) is 6.73. The fraction of sp³-hybridized carbons (Fsp3) is 0.389. The largest absolute Gasteiger partial charge is 0.458 e. The van der Waals surface area contributed by atoms with Crippen molar-refractivity contribution in [2.24, 2.45) is 5.92 Å². The second-order valence-corrected chi connectivity index (χ2v) is 7.35. The maximum absolute atomic E-state index is 12.5. The maximum Gasteiger partial charge on any atom is 0.332 e. The average Bonchev–Trinajstić information content (AvgIpc) is 3.32. The topological polar surface area (TPSA) is 68.3 Å². The van der Waals surface area contributed by atoms with Gasteiger partial charge in [0.25, 0.3) is 0 Å². The van der Waals surface area contributed by atoms with Crippen molar-refractivity contribution >= 4 is 23.2 Å². The predicted octanol–water partition coefficient (Wildman–Crippen LogP) is 3.16. The fourth-order valence-corrected chi connectivity index (χ4v) is 3.55. The van der Waals surface area contributed by atoms with Crippen molar-refractivity contribution in [3.63, 3.8) is 0 Å². The smallest absolute Gasteiger partial charge is 0.332 e. The summed E-state index contributed by atoms with van der Waals surface area (Å²) in [6, 6.07) is 9.88. The minimum Gasteiger partial charge on any atom is -0.458 e. The van der Waals surface area contributed by atoms with Crippen LogP contribution in [0.4, 0.5) is 0 Å². The zero-order chi connectivity index (χ0) is 17.2. The number of rotatable bonds is 6. The number of thiazole rings is 1. The maximum atomic E-state index is 12.5. The molecule has 1 unspecified atom stereocenters. The zero-order valence-electron chi connectivity index (χ0n) is 13.7. The Bertz CT molecular complexity index is 740. The number of amides is 1. The van der Waals surface area contributed by atoms with Gasteiger partial charge in [0.05, 0.1) is 4.88 Å². The molecule has 1 N–H and O–H groups in total. The van der Waals surface area contributed by atoms with Crippen LogP contribution < -0.4 is 5.32 Å². The summed E-state index contributed by atoms with van der Waals surface area (Å²) in [5.74, 6) is -0.435. The molecular weight excluding hydrogens is 324 g/mol. The molecule has 126 valence electrons. The quantitative estimate of drug-likeness (QED) is 0.817. The van der Waals surface area contributed by atoms with E-state index in [1.54, 1.807) is 13.1 Å². The van der Waals surface area contributed by atoms with Gasteiger partial charge in [-0.1, -0.05) is 30.3 Å². The van der Waals surface area contributed by atoms with Crippen molar-refractivity contribution in [3.8, 4) is 10.6 Å². The summed E-state index contributed by atoms with van der Waals surface area (Å²) < 4.78 is 5.46.